The Labute approximate surface area is 256 Å². The third-order valence-electron chi connectivity index (χ3n) is 8.79. The molecule has 0 bridgehead atoms. The molecule has 230 valence electrons. The largest absolute Gasteiger partial charge is 0.508 e. The summed E-state index contributed by atoms with van der Waals surface area (Å²) in [7, 11) is -4.42. The lowest BCUT2D eigenvalue weighted by atomic mass is 9.81. The van der Waals surface area contributed by atoms with Crippen molar-refractivity contribution in [3.63, 3.8) is 0 Å². The lowest BCUT2D eigenvalue weighted by Crippen LogP contribution is -2.41. The van der Waals surface area contributed by atoms with E-state index in [-0.39, 0.29) is 29.5 Å². The molecule has 3 atom stereocenters. The summed E-state index contributed by atoms with van der Waals surface area (Å²) >= 11 is 0. The summed E-state index contributed by atoms with van der Waals surface area (Å²) in [6, 6.07) is 15.6. The van der Waals surface area contributed by atoms with E-state index in [0.717, 1.165) is 56.9 Å². The van der Waals surface area contributed by atoms with E-state index in [4.69, 9.17) is 10.5 Å². The third kappa shape index (κ3) is 5.65. The predicted octanol–water partition coefficient (Wildman–Crippen LogP) is 5.30. The number of hydrogen-bond donors (Lipinski definition) is 3. The van der Waals surface area contributed by atoms with Crippen LogP contribution in [0.25, 0.3) is 10.9 Å². The zero-order valence-corrected chi connectivity index (χ0v) is 25.3. The van der Waals surface area contributed by atoms with E-state index in [2.05, 4.69) is 4.98 Å². The number of hydrogen-bond acceptors (Lipinski definition) is 7. The monoisotopic (exact) mass is 616 g/mol. The number of aromatic nitrogens is 1. The summed E-state index contributed by atoms with van der Waals surface area (Å²) in [5.41, 5.74) is 8.62. The van der Waals surface area contributed by atoms with Gasteiger partial charge in [0.25, 0.3) is 15.9 Å². The summed E-state index contributed by atoms with van der Waals surface area (Å²) in [6.45, 7) is 2.69. The fraction of sp³-hybridized carbons (Fsp3) is 0.333. The molecule has 1 aliphatic carbocycles. The molecule has 11 heteroatoms. The number of benzene rings is 3. The van der Waals surface area contributed by atoms with E-state index >= 15 is 0 Å². The van der Waals surface area contributed by atoms with Gasteiger partial charge in [0.05, 0.1) is 4.90 Å². The number of para-hydroxylation sites is 1. The number of ether oxygens (including phenoxy) is 1. The molecule has 44 heavy (non-hydrogen) atoms. The molecule has 1 saturated heterocycles. The fourth-order valence-corrected chi connectivity index (χ4v) is 7.97. The van der Waals surface area contributed by atoms with Crippen LogP contribution >= 0.6 is 0 Å². The van der Waals surface area contributed by atoms with Crippen LogP contribution in [0.5, 0.6) is 17.2 Å². The molecule has 1 aliphatic heterocycles. The Morgan fingerprint density at radius 3 is 2.36 bits per heavy atom. The summed E-state index contributed by atoms with van der Waals surface area (Å²) in [4.78, 5) is 32.1. The number of imide groups is 1. The van der Waals surface area contributed by atoms with E-state index in [0.29, 0.717) is 24.0 Å². The Balaban J connectivity index is 1.31. The predicted molar refractivity (Wildman–Crippen MR) is 166 cm³/mol. The molecule has 2 heterocycles. The lowest BCUT2D eigenvalue weighted by molar-refractivity contribution is -0.128. The average Bonchev–Trinajstić information content (AvgIpc) is 3.54. The number of nitrogens with zero attached hydrogens (tertiary/aromatic N) is 2. The zero-order valence-electron chi connectivity index (χ0n) is 24.5. The first-order valence-electron chi connectivity index (χ1n) is 14.9. The Hall–Kier alpha value is -4.35. The molecule has 4 N–H and O–H groups in total. The molecular weight excluding hydrogens is 580 g/mol. The molecule has 2 fully saturated rings. The van der Waals surface area contributed by atoms with Crippen LogP contribution < -0.4 is 10.5 Å². The number of carbonyl (C=O) groups excluding carboxylic acids is 2. The Bertz CT molecular complexity index is 1790. The van der Waals surface area contributed by atoms with E-state index in [9.17, 15) is 23.1 Å². The number of nitrogens with one attached hydrogen (secondary N) is 1. The van der Waals surface area contributed by atoms with Crippen LogP contribution in [0.2, 0.25) is 0 Å². The van der Waals surface area contributed by atoms with Crippen molar-refractivity contribution in [3.8, 4) is 17.2 Å². The highest BCUT2D eigenvalue weighted by molar-refractivity contribution is 7.89. The van der Waals surface area contributed by atoms with Crippen LogP contribution in [-0.4, -0.2) is 58.8 Å². The molecule has 4 aromatic rings. The number of aryl methyl sites for hydroxylation is 1. The third-order valence-corrected chi connectivity index (χ3v) is 10.6. The second-order valence-electron chi connectivity index (χ2n) is 11.8. The molecule has 6 rings (SSSR count). The number of H-pyrrole nitrogens is 1. The topological polar surface area (TPSA) is 146 Å². The number of phenols is 1. The van der Waals surface area contributed by atoms with Crippen LogP contribution in [0.3, 0.4) is 0 Å². The maximum absolute atomic E-state index is 14.1. The van der Waals surface area contributed by atoms with Crippen molar-refractivity contribution < 1.29 is 27.9 Å². The van der Waals surface area contributed by atoms with Gasteiger partial charge in [-0.15, -0.1) is 0 Å². The first kappa shape index (κ1) is 29.7. The first-order chi connectivity index (χ1) is 21.2. The van der Waals surface area contributed by atoms with E-state index in [1.807, 2.05) is 25.1 Å². The zero-order chi connectivity index (χ0) is 31.0. The van der Waals surface area contributed by atoms with Crippen molar-refractivity contribution in [2.45, 2.75) is 50.0 Å². The minimum atomic E-state index is -4.42. The average molecular weight is 617 g/mol. The lowest BCUT2D eigenvalue weighted by Gasteiger charge is -2.30. The van der Waals surface area contributed by atoms with Gasteiger partial charge in [0.2, 0.25) is 0 Å². The van der Waals surface area contributed by atoms with E-state index < -0.39 is 28.0 Å². The van der Waals surface area contributed by atoms with Gasteiger partial charge in [-0.05, 0) is 104 Å². The highest BCUT2D eigenvalue weighted by Gasteiger charge is 2.52. The van der Waals surface area contributed by atoms with Gasteiger partial charge in [0, 0.05) is 30.1 Å². The number of fused-ring (bicyclic) bond motifs is 1. The van der Waals surface area contributed by atoms with Crippen LogP contribution in [-0.2, 0) is 21.2 Å². The number of sulfonamides is 1. The second-order valence-corrected chi connectivity index (χ2v) is 13.6. The summed E-state index contributed by atoms with van der Waals surface area (Å²) < 4.78 is 34.8. The summed E-state index contributed by atoms with van der Waals surface area (Å²) in [6.07, 6.45) is 5.46. The highest BCUT2D eigenvalue weighted by Crippen LogP contribution is 2.35. The Kier molecular flexibility index (Phi) is 8.08. The molecule has 1 aromatic heterocycles. The number of aromatic amines is 1. The van der Waals surface area contributed by atoms with Crippen molar-refractivity contribution in [2.24, 2.45) is 17.6 Å². The van der Waals surface area contributed by atoms with Gasteiger partial charge in [-0.1, -0.05) is 24.6 Å². The minimum absolute atomic E-state index is 0.0435. The number of amides is 3. The molecule has 3 unspecified atom stereocenters. The number of carbonyl (C=O) groups is 2. The number of nitrogens with two attached hydrogens (primary N) is 1. The van der Waals surface area contributed by atoms with Crippen molar-refractivity contribution in [1.29, 1.82) is 0 Å². The van der Waals surface area contributed by atoms with Gasteiger partial charge >= 0.3 is 6.03 Å². The molecule has 3 amide bonds. The molecule has 0 radical (unpaired) electrons. The SMILES string of the molecule is Cc1cccc2c(CC3C(=O)N(CC4CCCC(CN)C4)C(=O)N3S(=O)(=O)c3ccc(Oc4ccc(O)cc4)cc3)c[nH]c12. The van der Waals surface area contributed by atoms with Crippen molar-refractivity contribution in [3.05, 3.63) is 84.1 Å². The number of urea groups is 1. The Morgan fingerprint density at radius 2 is 1.66 bits per heavy atom. The van der Waals surface area contributed by atoms with E-state index in [1.54, 1.807) is 18.3 Å². The molecule has 0 spiro atoms. The van der Waals surface area contributed by atoms with Gasteiger partial charge in [0.15, 0.2) is 0 Å². The van der Waals surface area contributed by atoms with Gasteiger partial charge in [-0.2, -0.15) is 0 Å². The standard InChI is InChI=1S/C33H36N4O6S/c1-21-4-2-7-29-24(19-35-31(21)29)17-30-32(39)36(20-23-6-3-5-22(16-23)18-34)33(40)37(30)44(41,42)28-14-12-27(13-15-28)43-26-10-8-25(38)9-11-26/h2,4,7-15,19,22-23,30,35,38H,3,5-6,16-18,20,34H2,1H3. The normalized spacial score (nSPS) is 20.9. The smallest absolute Gasteiger partial charge is 0.341 e. The fourth-order valence-electron chi connectivity index (χ4n) is 6.46. The second kappa shape index (κ2) is 12.0. The van der Waals surface area contributed by atoms with Crippen molar-refractivity contribution >= 4 is 32.9 Å². The van der Waals surface area contributed by atoms with Crippen LogP contribution in [0.4, 0.5) is 4.79 Å². The maximum Gasteiger partial charge on any atom is 0.341 e. The van der Waals surface area contributed by atoms with Gasteiger partial charge in [-0.3, -0.25) is 9.69 Å². The van der Waals surface area contributed by atoms with Crippen LogP contribution in [0.15, 0.2) is 77.8 Å². The number of phenolic OH excluding ortho intramolecular Hbond substituents is 1. The molecular formula is C33H36N4O6S. The molecule has 2 aliphatic rings. The van der Waals surface area contributed by atoms with E-state index in [1.165, 1.54) is 36.4 Å². The molecule has 1 saturated carbocycles. The quantitative estimate of drug-likeness (QED) is 0.216. The number of rotatable bonds is 9. The molecule has 10 nitrogen and oxygen atoms in total. The highest BCUT2D eigenvalue weighted by atomic mass is 32.2. The van der Waals surface area contributed by atoms with Crippen molar-refractivity contribution in [2.75, 3.05) is 13.1 Å². The van der Waals surface area contributed by atoms with Crippen molar-refractivity contribution in [1.82, 2.24) is 14.2 Å². The minimum Gasteiger partial charge on any atom is -0.508 e. The first-order valence-corrected chi connectivity index (χ1v) is 16.3. The molecule has 3 aromatic carbocycles. The van der Waals surface area contributed by atoms with Gasteiger partial charge in [-0.25, -0.2) is 17.5 Å². The maximum atomic E-state index is 14.1. The van der Waals surface area contributed by atoms with Crippen LogP contribution in [0, 0.1) is 18.8 Å². The van der Waals surface area contributed by atoms with Gasteiger partial charge in [0.1, 0.15) is 23.3 Å². The van der Waals surface area contributed by atoms with Gasteiger partial charge < -0.3 is 20.6 Å². The summed E-state index contributed by atoms with van der Waals surface area (Å²) in [5.74, 6) is 0.815. The summed E-state index contributed by atoms with van der Waals surface area (Å²) in [5, 5.41) is 10.4. The number of aromatic hydroxyl groups is 1. The Morgan fingerprint density at radius 1 is 0.977 bits per heavy atom. The van der Waals surface area contributed by atoms with Crippen LogP contribution in [0.1, 0.15) is 36.8 Å².